The van der Waals surface area contributed by atoms with Gasteiger partial charge in [0.15, 0.2) is 5.76 Å². The second-order valence-electron chi connectivity index (χ2n) is 6.41. The van der Waals surface area contributed by atoms with Crippen LogP contribution < -0.4 is 9.80 Å². The lowest BCUT2D eigenvalue weighted by molar-refractivity contribution is -0.914. The molecular weight excluding hydrogens is 334 g/mol. The van der Waals surface area contributed by atoms with Gasteiger partial charge < -0.3 is 14.3 Å². The lowest BCUT2D eigenvalue weighted by atomic mass is 10.1. The number of aromatic nitrogens is 1. The zero-order chi connectivity index (χ0) is 17.1. The summed E-state index contributed by atoms with van der Waals surface area (Å²) in [4.78, 5) is 3.89. The maximum absolute atomic E-state index is 6.31. The molecule has 1 N–H and O–H groups in total. The summed E-state index contributed by atoms with van der Waals surface area (Å²) in [7, 11) is 0. The molecule has 1 aliphatic rings. The molecule has 0 radical (unpaired) electrons. The Labute approximate surface area is 152 Å². The van der Waals surface area contributed by atoms with Crippen LogP contribution in [-0.2, 0) is 6.54 Å². The van der Waals surface area contributed by atoms with Crippen LogP contribution in [0, 0.1) is 0 Å². The Kier molecular flexibility index (Phi) is 4.72. The first-order valence-electron chi connectivity index (χ1n) is 8.63. The molecule has 0 aliphatic carbocycles. The number of nitrogens with zero attached hydrogens (tertiary/aromatic N) is 2. The van der Waals surface area contributed by atoms with E-state index in [4.69, 9.17) is 16.1 Å². The van der Waals surface area contributed by atoms with Crippen LogP contribution in [0.3, 0.4) is 0 Å². The van der Waals surface area contributed by atoms with Crippen molar-refractivity contribution in [2.45, 2.75) is 6.54 Å². The SMILES string of the molecule is Clc1ccccc1N1CC[NH+](Cc2cc(-c3ccccc3)on2)CC1. The molecule has 1 aliphatic heterocycles. The van der Waals surface area contributed by atoms with Gasteiger partial charge >= 0.3 is 0 Å². The molecule has 5 heteroatoms. The molecule has 3 aromatic rings. The molecule has 0 unspecified atom stereocenters. The summed E-state index contributed by atoms with van der Waals surface area (Å²) in [5, 5.41) is 5.08. The Morgan fingerprint density at radius 3 is 2.48 bits per heavy atom. The van der Waals surface area contributed by atoms with Crippen LogP contribution in [-0.4, -0.2) is 31.3 Å². The highest BCUT2D eigenvalue weighted by Crippen LogP contribution is 2.25. The standard InChI is InChI=1S/C20H20ClN3O/c21-18-8-4-5-9-19(18)24-12-10-23(11-13-24)15-17-14-20(25-22-17)16-6-2-1-3-7-16/h1-9,14H,10-13,15H2/p+1. The number of hydrogen-bond donors (Lipinski definition) is 1. The van der Waals surface area contributed by atoms with Gasteiger partial charge in [-0.1, -0.05) is 59.2 Å². The predicted octanol–water partition coefficient (Wildman–Crippen LogP) is 2.90. The predicted molar refractivity (Wildman–Crippen MR) is 100 cm³/mol. The molecular formula is C20H21ClN3O+. The van der Waals surface area contributed by atoms with E-state index in [1.807, 2.05) is 48.5 Å². The molecule has 25 heavy (non-hydrogen) atoms. The summed E-state index contributed by atoms with van der Waals surface area (Å²) in [6.45, 7) is 5.04. The number of nitrogens with one attached hydrogen (secondary N) is 1. The summed E-state index contributed by atoms with van der Waals surface area (Å²) in [5.74, 6) is 0.838. The molecule has 1 fully saturated rings. The van der Waals surface area contributed by atoms with Crippen molar-refractivity contribution in [2.75, 3.05) is 31.1 Å². The first kappa shape index (κ1) is 16.2. The Morgan fingerprint density at radius 1 is 1.00 bits per heavy atom. The van der Waals surface area contributed by atoms with E-state index < -0.39 is 0 Å². The average Bonchev–Trinajstić information content (AvgIpc) is 3.12. The number of halogens is 1. The summed E-state index contributed by atoms with van der Waals surface area (Å²) >= 11 is 6.31. The number of anilines is 1. The van der Waals surface area contributed by atoms with Gasteiger partial charge in [0.2, 0.25) is 0 Å². The van der Waals surface area contributed by atoms with Gasteiger partial charge in [0.05, 0.1) is 36.9 Å². The van der Waals surface area contributed by atoms with Crippen molar-refractivity contribution in [2.24, 2.45) is 0 Å². The molecule has 0 bridgehead atoms. The van der Waals surface area contributed by atoms with E-state index in [-0.39, 0.29) is 0 Å². The quantitative estimate of drug-likeness (QED) is 0.782. The third kappa shape index (κ3) is 3.70. The van der Waals surface area contributed by atoms with E-state index in [1.54, 1.807) is 0 Å². The van der Waals surface area contributed by atoms with Crippen molar-refractivity contribution in [1.29, 1.82) is 0 Å². The minimum absolute atomic E-state index is 0.829. The lowest BCUT2D eigenvalue weighted by Gasteiger charge is -2.33. The number of para-hydroxylation sites is 1. The number of piperazine rings is 1. The Bertz CT molecular complexity index is 826. The highest BCUT2D eigenvalue weighted by Gasteiger charge is 2.22. The van der Waals surface area contributed by atoms with Crippen LogP contribution >= 0.6 is 11.6 Å². The molecule has 0 spiro atoms. The monoisotopic (exact) mass is 354 g/mol. The van der Waals surface area contributed by atoms with Gasteiger partial charge in [-0.25, -0.2) is 0 Å². The Morgan fingerprint density at radius 2 is 1.72 bits per heavy atom. The van der Waals surface area contributed by atoms with Crippen LogP contribution in [0.4, 0.5) is 5.69 Å². The van der Waals surface area contributed by atoms with E-state index in [0.717, 1.165) is 60.5 Å². The highest BCUT2D eigenvalue weighted by atomic mass is 35.5. The van der Waals surface area contributed by atoms with Crippen LogP contribution in [0.15, 0.2) is 65.2 Å². The fourth-order valence-corrected chi connectivity index (χ4v) is 3.59. The summed E-state index contributed by atoms with van der Waals surface area (Å²) < 4.78 is 5.51. The first-order valence-corrected chi connectivity index (χ1v) is 9.01. The van der Waals surface area contributed by atoms with Crippen molar-refractivity contribution >= 4 is 17.3 Å². The Hall–Kier alpha value is -2.30. The van der Waals surface area contributed by atoms with Crippen LogP contribution in [0.25, 0.3) is 11.3 Å². The number of rotatable bonds is 4. The topological polar surface area (TPSA) is 33.7 Å². The molecule has 0 amide bonds. The van der Waals surface area contributed by atoms with E-state index in [0.29, 0.717) is 0 Å². The zero-order valence-corrected chi connectivity index (χ0v) is 14.7. The van der Waals surface area contributed by atoms with Crippen LogP contribution in [0.2, 0.25) is 5.02 Å². The molecule has 128 valence electrons. The van der Waals surface area contributed by atoms with Crippen molar-refractivity contribution in [3.05, 3.63) is 71.4 Å². The molecule has 2 aromatic carbocycles. The fourth-order valence-electron chi connectivity index (χ4n) is 3.34. The molecule has 1 saturated heterocycles. The average molecular weight is 355 g/mol. The van der Waals surface area contributed by atoms with Gasteiger partial charge in [0.25, 0.3) is 0 Å². The minimum Gasteiger partial charge on any atom is -0.359 e. The second kappa shape index (κ2) is 7.30. The molecule has 0 saturated carbocycles. The molecule has 1 aromatic heterocycles. The van der Waals surface area contributed by atoms with Crippen molar-refractivity contribution in [3.63, 3.8) is 0 Å². The van der Waals surface area contributed by atoms with Gasteiger partial charge in [0, 0.05) is 11.6 Å². The molecule has 2 heterocycles. The van der Waals surface area contributed by atoms with Crippen molar-refractivity contribution < 1.29 is 9.42 Å². The lowest BCUT2D eigenvalue weighted by Crippen LogP contribution is -3.13. The number of quaternary nitrogens is 1. The third-order valence-electron chi connectivity index (χ3n) is 4.71. The molecule has 4 nitrogen and oxygen atoms in total. The van der Waals surface area contributed by atoms with Gasteiger partial charge in [-0.15, -0.1) is 0 Å². The number of hydrogen-bond acceptors (Lipinski definition) is 3. The van der Waals surface area contributed by atoms with E-state index in [2.05, 4.69) is 22.2 Å². The fraction of sp³-hybridized carbons (Fsp3) is 0.250. The van der Waals surface area contributed by atoms with Crippen molar-refractivity contribution in [1.82, 2.24) is 5.16 Å². The molecule has 0 atom stereocenters. The largest absolute Gasteiger partial charge is 0.359 e. The summed E-state index contributed by atoms with van der Waals surface area (Å²) in [6.07, 6.45) is 0. The van der Waals surface area contributed by atoms with Gasteiger partial charge in [-0.05, 0) is 12.1 Å². The van der Waals surface area contributed by atoms with E-state index in [9.17, 15) is 0 Å². The van der Waals surface area contributed by atoms with Crippen molar-refractivity contribution in [3.8, 4) is 11.3 Å². The minimum atomic E-state index is 0.829. The van der Waals surface area contributed by atoms with Gasteiger partial charge in [-0.2, -0.15) is 0 Å². The summed E-state index contributed by atoms with van der Waals surface area (Å²) in [6, 6.07) is 20.2. The Balaban J connectivity index is 1.36. The van der Waals surface area contributed by atoms with Gasteiger partial charge in [0.1, 0.15) is 12.2 Å². The smallest absolute Gasteiger partial charge is 0.167 e. The highest BCUT2D eigenvalue weighted by molar-refractivity contribution is 6.33. The zero-order valence-electron chi connectivity index (χ0n) is 14.0. The third-order valence-corrected chi connectivity index (χ3v) is 5.03. The van der Waals surface area contributed by atoms with Crippen LogP contribution in [0.1, 0.15) is 5.69 Å². The normalized spacial score (nSPS) is 15.5. The van der Waals surface area contributed by atoms with E-state index >= 15 is 0 Å². The second-order valence-corrected chi connectivity index (χ2v) is 6.82. The number of benzene rings is 2. The van der Waals surface area contributed by atoms with Gasteiger partial charge in [-0.3, -0.25) is 0 Å². The maximum Gasteiger partial charge on any atom is 0.167 e. The molecule has 4 rings (SSSR count). The van der Waals surface area contributed by atoms with E-state index in [1.165, 1.54) is 4.90 Å². The first-order chi connectivity index (χ1) is 12.3. The van der Waals surface area contributed by atoms with Crippen LogP contribution in [0.5, 0.6) is 0 Å². The maximum atomic E-state index is 6.31. The summed E-state index contributed by atoms with van der Waals surface area (Å²) in [5.41, 5.74) is 3.22.